The van der Waals surface area contributed by atoms with E-state index in [2.05, 4.69) is 15.1 Å². The molecule has 2 aromatic carbocycles. The smallest absolute Gasteiger partial charge is 0.258 e. The Morgan fingerprint density at radius 2 is 1.31 bits per heavy atom. The molecule has 1 aliphatic heterocycles. The molecular weight excluding hydrogens is 396 g/mol. The van der Waals surface area contributed by atoms with Gasteiger partial charge in [0.15, 0.2) is 0 Å². The van der Waals surface area contributed by atoms with Crippen molar-refractivity contribution in [3.8, 4) is 0 Å². The van der Waals surface area contributed by atoms with Crippen LogP contribution in [0.2, 0.25) is 0 Å². The minimum absolute atomic E-state index is 0.0282. The lowest BCUT2D eigenvalue weighted by molar-refractivity contribution is -0.123. The molecule has 5 rings (SSSR count). The van der Waals surface area contributed by atoms with Gasteiger partial charge in [-0.2, -0.15) is 10.1 Å². The van der Waals surface area contributed by atoms with Gasteiger partial charge in [-0.15, -0.1) is 0 Å². The molecule has 2 aromatic heterocycles. The number of benzene rings is 2. The lowest BCUT2D eigenvalue weighted by atomic mass is 9.72. The average Bonchev–Trinajstić information content (AvgIpc) is 3.07. The first-order valence-electron chi connectivity index (χ1n) is 10.6. The van der Waals surface area contributed by atoms with E-state index in [0.29, 0.717) is 12.8 Å². The summed E-state index contributed by atoms with van der Waals surface area (Å²) < 4.78 is 0. The first-order chi connectivity index (χ1) is 15.8. The number of nitrogens with zero attached hydrogens (tertiary/aromatic N) is 4. The van der Waals surface area contributed by atoms with Crippen LogP contribution < -0.4 is 5.01 Å². The maximum atomic E-state index is 14.1. The summed E-state index contributed by atoms with van der Waals surface area (Å²) in [6.07, 6.45) is 9.94. The molecule has 0 unspecified atom stereocenters. The average molecular weight is 419 g/mol. The zero-order valence-electron chi connectivity index (χ0n) is 17.5. The minimum Gasteiger partial charge on any atom is -0.271 e. The molecule has 4 aromatic rings. The maximum absolute atomic E-state index is 14.1. The topological polar surface area (TPSA) is 58.5 Å². The molecule has 5 nitrogen and oxygen atoms in total. The summed E-state index contributed by atoms with van der Waals surface area (Å²) in [7, 11) is 0. The molecule has 32 heavy (non-hydrogen) atoms. The highest BCUT2D eigenvalue weighted by Crippen LogP contribution is 2.46. The summed E-state index contributed by atoms with van der Waals surface area (Å²) in [5.41, 5.74) is 4.11. The van der Waals surface area contributed by atoms with Gasteiger partial charge in [-0.1, -0.05) is 48.5 Å². The molecule has 156 valence electrons. The van der Waals surface area contributed by atoms with Crippen LogP contribution >= 0.6 is 0 Å². The fraction of sp³-hybridized carbons (Fsp3) is 0.111. The molecule has 5 heteroatoms. The van der Waals surface area contributed by atoms with Crippen molar-refractivity contribution in [2.75, 3.05) is 5.01 Å². The highest BCUT2D eigenvalue weighted by Gasteiger charge is 2.51. The van der Waals surface area contributed by atoms with Crippen molar-refractivity contribution in [2.45, 2.75) is 18.3 Å². The summed E-state index contributed by atoms with van der Waals surface area (Å²) in [4.78, 5) is 22.4. The maximum Gasteiger partial charge on any atom is 0.258 e. The van der Waals surface area contributed by atoms with Crippen LogP contribution in [0.5, 0.6) is 0 Å². The van der Waals surface area contributed by atoms with Crippen molar-refractivity contribution >= 4 is 17.8 Å². The summed E-state index contributed by atoms with van der Waals surface area (Å²) in [6.45, 7) is 0. The fourth-order valence-corrected chi connectivity index (χ4v) is 4.37. The van der Waals surface area contributed by atoms with Crippen LogP contribution in [0.4, 0.5) is 5.69 Å². The molecule has 0 saturated heterocycles. The normalized spacial score (nSPS) is 14.6. The Labute approximate surface area is 187 Å². The number of hydrazone groups is 1. The Morgan fingerprint density at radius 3 is 1.94 bits per heavy atom. The molecular formula is C27H22N4O. The van der Waals surface area contributed by atoms with E-state index in [1.165, 1.54) is 0 Å². The Balaban J connectivity index is 1.62. The van der Waals surface area contributed by atoms with Crippen molar-refractivity contribution in [3.63, 3.8) is 0 Å². The Bertz CT molecular complexity index is 1200. The molecule has 0 fully saturated rings. The third-order valence-corrected chi connectivity index (χ3v) is 5.88. The van der Waals surface area contributed by atoms with Gasteiger partial charge in [-0.05, 0) is 65.4 Å². The van der Waals surface area contributed by atoms with Gasteiger partial charge in [-0.25, -0.2) is 0 Å². The minimum atomic E-state index is -0.771. The number of hydrogen-bond acceptors (Lipinski definition) is 4. The van der Waals surface area contributed by atoms with Crippen LogP contribution in [-0.2, 0) is 23.1 Å². The SMILES string of the molecule is O=C1N(N=Cc2ccccc2)c2ccccc2C1(Cc1ccncc1)Cc1ccncc1. The van der Waals surface area contributed by atoms with E-state index in [-0.39, 0.29) is 5.91 Å². The molecule has 0 atom stereocenters. The number of carbonyl (C=O) groups excluding carboxylic acids is 1. The Hall–Kier alpha value is -4.12. The van der Waals surface area contributed by atoms with Crippen molar-refractivity contribution in [3.05, 3.63) is 126 Å². The number of amides is 1. The second kappa shape index (κ2) is 8.55. The molecule has 0 spiro atoms. The fourth-order valence-electron chi connectivity index (χ4n) is 4.37. The quantitative estimate of drug-likeness (QED) is 0.431. The van der Waals surface area contributed by atoms with Crippen molar-refractivity contribution in [1.82, 2.24) is 9.97 Å². The van der Waals surface area contributed by atoms with E-state index in [4.69, 9.17) is 0 Å². The van der Waals surface area contributed by atoms with Crippen molar-refractivity contribution in [2.24, 2.45) is 5.10 Å². The van der Waals surface area contributed by atoms with Gasteiger partial charge < -0.3 is 0 Å². The zero-order chi connectivity index (χ0) is 21.8. The lowest BCUT2D eigenvalue weighted by Gasteiger charge is -2.28. The number of carbonyl (C=O) groups is 1. The van der Waals surface area contributed by atoms with Gasteiger partial charge in [0.05, 0.1) is 17.3 Å². The number of para-hydroxylation sites is 1. The lowest BCUT2D eigenvalue weighted by Crippen LogP contribution is -2.42. The molecule has 1 amide bonds. The number of aromatic nitrogens is 2. The van der Waals surface area contributed by atoms with E-state index in [1.807, 2.05) is 78.9 Å². The van der Waals surface area contributed by atoms with Gasteiger partial charge in [0.1, 0.15) is 0 Å². The highest BCUT2D eigenvalue weighted by molar-refractivity contribution is 6.09. The van der Waals surface area contributed by atoms with Crippen molar-refractivity contribution in [1.29, 1.82) is 0 Å². The summed E-state index contributed by atoms with van der Waals surface area (Å²) in [6, 6.07) is 25.7. The van der Waals surface area contributed by atoms with E-state index < -0.39 is 5.41 Å². The van der Waals surface area contributed by atoms with Crippen LogP contribution in [0, 0.1) is 0 Å². The number of pyridine rings is 2. The monoisotopic (exact) mass is 418 g/mol. The number of fused-ring (bicyclic) bond motifs is 1. The van der Waals surface area contributed by atoms with Gasteiger partial charge in [0, 0.05) is 24.8 Å². The Kier molecular flexibility index (Phi) is 5.30. The molecule has 3 heterocycles. The van der Waals surface area contributed by atoms with Crippen LogP contribution in [-0.4, -0.2) is 22.1 Å². The van der Waals surface area contributed by atoms with Crippen LogP contribution in [0.15, 0.2) is 109 Å². The first kappa shape index (κ1) is 19.8. The number of rotatable bonds is 6. The summed E-state index contributed by atoms with van der Waals surface area (Å²) in [5, 5.41) is 6.19. The van der Waals surface area contributed by atoms with Crippen LogP contribution in [0.3, 0.4) is 0 Å². The molecule has 0 aliphatic carbocycles. The van der Waals surface area contributed by atoms with Crippen LogP contribution in [0.1, 0.15) is 22.3 Å². The predicted octanol–water partition coefficient (Wildman–Crippen LogP) is 4.58. The largest absolute Gasteiger partial charge is 0.271 e. The van der Waals surface area contributed by atoms with Crippen LogP contribution in [0.25, 0.3) is 0 Å². The summed E-state index contributed by atoms with van der Waals surface area (Å²) >= 11 is 0. The van der Waals surface area contributed by atoms with Crippen molar-refractivity contribution < 1.29 is 4.79 Å². The third-order valence-electron chi connectivity index (χ3n) is 5.88. The second-order valence-corrected chi connectivity index (χ2v) is 7.94. The highest BCUT2D eigenvalue weighted by atomic mass is 16.2. The van der Waals surface area contributed by atoms with E-state index in [0.717, 1.165) is 27.9 Å². The molecule has 0 bridgehead atoms. The van der Waals surface area contributed by atoms with E-state index >= 15 is 0 Å². The van der Waals surface area contributed by atoms with E-state index in [1.54, 1.807) is 36.0 Å². The number of hydrogen-bond donors (Lipinski definition) is 0. The van der Waals surface area contributed by atoms with Gasteiger partial charge >= 0.3 is 0 Å². The summed E-state index contributed by atoms with van der Waals surface area (Å²) in [5.74, 6) is -0.0282. The standard InChI is InChI=1S/C27H22N4O/c32-26-27(18-21-10-14-28-15-11-21,19-22-12-16-29-17-13-22)24-8-4-5-9-25(24)31(26)30-20-23-6-2-1-3-7-23/h1-17,20H,18-19H2. The second-order valence-electron chi connectivity index (χ2n) is 7.94. The van der Waals surface area contributed by atoms with Gasteiger partial charge in [0.2, 0.25) is 0 Å². The predicted molar refractivity (Wildman–Crippen MR) is 126 cm³/mol. The molecule has 1 aliphatic rings. The first-order valence-corrected chi connectivity index (χ1v) is 10.6. The molecule has 0 radical (unpaired) electrons. The number of anilines is 1. The van der Waals surface area contributed by atoms with Gasteiger partial charge in [0.25, 0.3) is 5.91 Å². The van der Waals surface area contributed by atoms with Gasteiger partial charge in [-0.3, -0.25) is 14.8 Å². The third kappa shape index (κ3) is 3.69. The molecule has 0 N–H and O–H groups in total. The zero-order valence-corrected chi connectivity index (χ0v) is 17.5. The van der Waals surface area contributed by atoms with E-state index in [9.17, 15) is 4.79 Å². The molecule has 0 saturated carbocycles. The Morgan fingerprint density at radius 1 is 0.750 bits per heavy atom.